The van der Waals surface area contributed by atoms with E-state index in [0.717, 1.165) is 0 Å². The second kappa shape index (κ2) is 6.40. The van der Waals surface area contributed by atoms with E-state index in [9.17, 15) is 13.6 Å². The molecule has 1 aromatic heterocycles. The summed E-state index contributed by atoms with van der Waals surface area (Å²) >= 11 is 0. The SMILES string of the molecule is O=C(Nc1ccc(-c2nc3ccc(F)cc3o2)cc1)c1ccc(F)cc1. The molecular formula is C20H12F2N2O2. The Kier molecular flexibility index (Phi) is 3.93. The molecule has 0 aliphatic carbocycles. The topological polar surface area (TPSA) is 55.1 Å². The summed E-state index contributed by atoms with van der Waals surface area (Å²) in [4.78, 5) is 16.4. The highest BCUT2D eigenvalue weighted by atomic mass is 19.1. The van der Waals surface area contributed by atoms with Crippen molar-refractivity contribution in [2.75, 3.05) is 5.32 Å². The molecule has 4 rings (SSSR count). The number of carbonyl (C=O) groups is 1. The molecule has 1 amide bonds. The first-order chi connectivity index (χ1) is 12.6. The van der Waals surface area contributed by atoms with Crippen LogP contribution in [0.5, 0.6) is 0 Å². The van der Waals surface area contributed by atoms with E-state index in [2.05, 4.69) is 10.3 Å². The summed E-state index contributed by atoms with van der Waals surface area (Å²) < 4.78 is 31.7. The third-order valence-electron chi connectivity index (χ3n) is 3.85. The number of rotatable bonds is 3. The summed E-state index contributed by atoms with van der Waals surface area (Å²) in [6.07, 6.45) is 0. The van der Waals surface area contributed by atoms with E-state index >= 15 is 0 Å². The minimum absolute atomic E-state index is 0.338. The molecule has 0 saturated carbocycles. The van der Waals surface area contributed by atoms with Crippen molar-refractivity contribution >= 4 is 22.7 Å². The molecule has 4 aromatic rings. The Hall–Kier alpha value is -3.54. The fourth-order valence-corrected chi connectivity index (χ4v) is 2.52. The average Bonchev–Trinajstić information content (AvgIpc) is 3.06. The van der Waals surface area contributed by atoms with Gasteiger partial charge in [-0.05, 0) is 60.7 Å². The fourth-order valence-electron chi connectivity index (χ4n) is 2.52. The lowest BCUT2D eigenvalue weighted by atomic mass is 10.2. The molecular weight excluding hydrogens is 338 g/mol. The number of carbonyl (C=O) groups excluding carboxylic acids is 1. The molecule has 0 unspecified atom stereocenters. The molecule has 1 heterocycles. The second-order valence-corrected chi connectivity index (χ2v) is 5.67. The molecule has 0 saturated heterocycles. The number of aromatic nitrogens is 1. The van der Waals surface area contributed by atoms with Gasteiger partial charge in [-0.3, -0.25) is 4.79 Å². The molecule has 0 aliphatic rings. The van der Waals surface area contributed by atoms with Crippen LogP contribution in [0.15, 0.2) is 71.1 Å². The molecule has 0 bridgehead atoms. The number of halogens is 2. The van der Waals surface area contributed by atoms with Gasteiger partial charge in [-0.2, -0.15) is 0 Å². The minimum Gasteiger partial charge on any atom is -0.436 e. The lowest BCUT2D eigenvalue weighted by Gasteiger charge is -2.05. The molecule has 26 heavy (non-hydrogen) atoms. The van der Waals surface area contributed by atoms with E-state index in [1.54, 1.807) is 30.3 Å². The van der Waals surface area contributed by atoms with Gasteiger partial charge in [0.05, 0.1) is 0 Å². The van der Waals surface area contributed by atoms with Gasteiger partial charge in [0.15, 0.2) is 5.58 Å². The highest BCUT2D eigenvalue weighted by molar-refractivity contribution is 6.04. The molecule has 3 aromatic carbocycles. The van der Waals surface area contributed by atoms with Crippen molar-refractivity contribution in [3.63, 3.8) is 0 Å². The van der Waals surface area contributed by atoms with Crippen LogP contribution in [0.4, 0.5) is 14.5 Å². The maximum Gasteiger partial charge on any atom is 0.255 e. The van der Waals surface area contributed by atoms with Crippen molar-refractivity contribution in [3.8, 4) is 11.5 Å². The average molecular weight is 350 g/mol. The van der Waals surface area contributed by atoms with Gasteiger partial charge in [-0.1, -0.05) is 0 Å². The van der Waals surface area contributed by atoms with Crippen molar-refractivity contribution in [3.05, 3.63) is 83.9 Å². The smallest absolute Gasteiger partial charge is 0.255 e. The normalized spacial score (nSPS) is 10.8. The molecule has 0 radical (unpaired) electrons. The molecule has 6 heteroatoms. The zero-order valence-corrected chi connectivity index (χ0v) is 13.4. The first kappa shape index (κ1) is 16.0. The van der Waals surface area contributed by atoms with E-state index < -0.39 is 5.82 Å². The standard InChI is InChI=1S/C20H12F2N2O2/c21-14-5-1-12(2-6-14)19(25)23-16-8-3-13(4-9-16)20-24-17-10-7-15(22)11-18(17)26-20/h1-11H,(H,23,25). The Labute approximate surface area is 147 Å². The predicted molar refractivity (Wildman–Crippen MR) is 93.8 cm³/mol. The molecule has 0 spiro atoms. The van der Waals surface area contributed by atoms with E-state index in [-0.39, 0.29) is 11.7 Å². The van der Waals surface area contributed by atoms with Crippen molar-refractivity contribution in [2.45, 2.75) is 0 Å². The van der Waals surface area contributed by atoms with Crippen LogP contribution in [0.1, 0.15) is 10.4 Å². The highest BCUT2D eigenvalue weighted by Crippen LogP contribution is 2.26. The van der Waals surface area contributed by atoms with Crippen molar-refractivity contribution in [1.82, 2.24) is 4.98 Å². The van der Waals surface area contributed by atoms with Crippen LogP contribution in [0.25, 0.3) is 22.6 Å². The van der Waals surface area contributed by atoms with Gasteiger partial charge in [-0.15, -0.1) is 0 Å². The number of hydrogen-bond donors (Lipinski definition) is 1. The van der Waals surface area contributed by atoms with E-state index in [1.807, 2.05) is 0 Å². The predicted octanol–water partition coefficient (Wildman–Crippen LogP) is 5.03. The number of anilines is 1. The van der Waals surface area contributed by atoms with Crippen LogP contribution >= 0.6 is 0 Å². The van der Waals surface area contributed by atoms with Crippen molar-refractivity contribution in [2.24, 2.45) is 0 Å². The van der Waals surface area contributed by atoms with Crippen LogP contribution in [0.3, 0.4) is 0 Å². The van der Waals surface area contributed by atoms with Gasteiger partial charge in [0, 0.05) is 22.9 Å². The maximum atomic E-state index is 13.2. The van der Waals surface area contributed by atoms with Gasteiger partial charge in [0.1, 0.15) is 17.2 Å². The largest absolute Gasteiger partial charge is 0.436 e. The zero-order valence-electron chi connectivity index (χ0n) is 13.4. The summed E-state index contributed by atoms with van der Waals surface area (Å²) in [6, 6.07) is 16.3. The third-order valence-corrected chi connectivity index (χ3v) is 3.85. The van der Waals surface area contributed by atoms with Gasteiger partial charge >= 0.3 is 0 Å². The summed E-state index contributed by atoms with van der Waals surface area (Å²) in [5.74, 6) is -0.764. The minimum atomic E-state index is -0.399. The Morgan fingerprint density at radius 2 is 1.58 bits per heavy atom. The lowest BCUT2D eigenvalue weighted by Crippen LogP contribution is -2.11. The maximum absolute atomic E-state index is 13.2. The van der Waals surface area contributed by atoms with Gasteiger partial charge in [-0.25, -0.2) is 13.8 Å². The molecule has 1 N–H and O–H groups in total. The fraction of sp³-hybridized carbons (Fsp3) is 0. The Morgan fingerprint density at radius 1 is 0.885 bits per heavy atom. The van der Waals surface area contributed by atoms with E-state index in [1.165, 1.54) is 36.4 Å². The summed E-state index contributed by atoms with van der Waals surface area (Å²) in [5.41, 5.74) is 2.56. The molecule has 0 aliphatic heterocycles. The zero-order chi connectivity index (χ0) is 18.1. The Balaban J connectivity index is 1.54. The van der Waals surface area contributed by atoms with Crippen LogP contribution in [0, 0.1) is 11.6 Å². The number of fused-ring (bicyclic) bond motifs is 1. The number of amides is 1. The highest BCUT2D eigenvalue weighted by Gasteiger charge is 2.10. The molecule has 0 fully saturated rings. The van der Waals surface area contributed by atoms with Crippen LogP contribution < -0.4 is 5.32 Å². The van der Waals surface area contributed by atoms with Gasteiger partial charge in [0.2, 0.25) is 5.89 Å². The lowest BCUT2D eigenvalue weighted by molar-refractivity contribution is 0.102. The number of nitrogens with zero attached hydrogens (tertiary/aromatic N) is 1. The van der Waals surface area contributed by atoms with Crippen LogP contribution in [-0.4, -0.2) is 10.9 Å². The summed E-state index contributed by atoms with van der Waals surface area (Å²) in [7, 11) is 0. The number of oxazole rings is 1. The number of hydrogen-bond acceptors (Lipinski definition) is 3. The van der Waals surface area contributed by atoms with Crippen molar-refractivity contribution < 1.29 is 18.0 Å². The van der Waals surface area contributed by atoms with Crippen LogP contribution in [-0.2, 0) is 0 Å². The Morgan fingerprint density at radius 3 is 2.31 bits per heavy atom. The number of nitrogens with one attached hydrogen (secondary N) is 1. The van der Waals surface area contributed by atoms with Crippen LogP contribution in [0.2, 0.25) is 0 Å². The summed E-state index contributed by atoms with van der Waals surface area (Å²) in [6.45, 7) is 0. The second-order valence-electron chi connectivity index (χ2n) is 5.67. The van der Waals surface area contributed by atoms with Gasteiger partial charge < -0.3 is 9.73 Å². The molecule has 128 valence electrons. The quantitative estimate of drug-likeness (QED) is 0.564. The monoisotopic (exact) mass is 350 g/mol. The van der Waals surface area contributed by atoms with Gasteiger partial charge in [0.25, 0.3) is 5.91 Å². The van der Waals surface area contributed by atoms with E-state index in [4.69, 9.17) is 4.42 Å². The molecule has 0 atom stereocenters. The first-order valence-corrected chi connectivity index (χ1v) is 7.82. The Bertz CT molecular complexity index is 1090. The van der Waals surface area contributed by atoms with E-state index in [0.29, 0.717) is 33.8 Å². The summed E-state index contributed by atoms with van der Waals surface area (Å²) in [5, 5.41) is 2.73. The first-order valence-electron chi connectivity index (χ1n) is 7.82. The van der Waals surface area contributed by atoms with Crippen molar-refractivity contribution in [1.29, 1.82) is 0 Å². The number of benzene rings is 3. The third kappa shape index (κ3) is 3.17. The molecule has 4 nitrogen and oxygen atoms in total.